The maximum absolute atomic E-state index is 12.2. The van der Waals surface area contributed by atoms with Crippen LogP contribution in [0.2, 0.25) is 0 Å². The molecule has 2 N–H and O–H groups in total. The summed E-state index contributed by atoms with van der Waals surface area (Å²) in [6, 6.07) is -1.07. The average molecular weight is 272 g/mol. The predicted octanol–water partition coefficient (Wildman–Crippen LogP) is 2.56. The molecule has 0 aliphatic carbocycles. The van der Waals surface area contributed by atoms with E-state index in [0.717, 1.165) is 6.42 Å². The predicted molar refractivity (Wildman–Crippen MR) is 76.1 cm³/mol. The van der Waals surface area contributed by atoms with Gasteiger partial charge in [-0.1, -0.05) is 41.0 Å². The molecule has 0 spiro atoms. The number of nitrogens with one attached hydrogen (secondary N) is 1. The largest absolute Gasteiger partial charge is 0.480 e. The number of carboxylic acid groups (broad SMARTS) is 1. The number of urea groups is 1. The maximum atomic E-state index is 12.2. The third-order valence-corrected chi connectivity index (χ3v) is 2.63. The van der Waals surface area contributed by atoms with E-state index in [2.05, 4.69) is 5.32 Å². The highest BCUT2D eigenvalue weighted by atomic mass is 16.4. The molecule has 0 bridgehead atoms. The minimum atomic E-state index is -0.968. The molecule has 0 aromatic carbocycles. The summed E-state index contributed by atoms with van der Waals surface area (Å²) >= 11 is 0. The van der Waals surface area contributed by atoms with Crippen molar-refractivity contribution in [3.8, 4) is 0 Å². The Hall–Kier alpha value is -1.26. The summed E-state index contributed by atoms with van der Waals surface area (Å²) in [5.41, 5.74) is 0. The van der Waals surface area contributed by atoms with Crippen LogP contribution < -0.4 is 5.32 Å². The molecule has 0 saturated heterocycles. The first-order valence-electron chi connectivity index (χ1n) is 7.06. The van der Waals surface area contributed by atoms with Crippen LogP contribution in [0.1, 0.15) is 47.5 Å². The Morgan fingerprint density at radius 1 is 1.11 bits per heavy atom. The zero-order valence-electron chi connectivity index (χ0n) is 12.8. The van der Waals surface area contributed by atoms with Crippen molar-refractivity contribution in [1.29, 1.82) is 0 Å². The monoisotopic (exact) mass is 272 g/mol. The van der Waals surface area contributed by atoms with E-state index in [0.29, 0.717) is 31.3 Å². The van der Waals surface area contributed by atoms with Gasteiger partial charge in [0.25, 0.3) is 0 Å². The van der Waals surface area contributed by atoms with Crippen molar-refractivity contribution in [2.75, 3.05) is 13.1 Å². The van der Waals surface area contributed by atoms with Crippen LogP contribution in [0, 0.1) is 11.8 Å². The van der Waals surface area contributed by atoms with Crippen molar-refractivity contribution in [3.05, 3.63) is 0 Å². The van der Waals surface area contributed by atoms with Crippen molar-refractivity contribution < 1.29 is 14.7 Å². The highest BCUT2D eigenvalue weighted by Gasteiger charge is 2.23. The Bertz CT molecular complexity index is 280. The quantitative estimate of drug-likeness (QED) is 0.713. The topological polar surface area (TPSA) is 69.6 Å². The lowest BCUT2D eigenvalue weighted by molar-refractivity contribution is -0.139. The minimum Gasteiger partial charge on any atom is -0.480 e. The smallest absolute Gasteiger partial charge is 0.326 e. The van der Waals surface area contributed by atoms with Crippen LogP contribution in [0.15, 0.2) is 0 Å². The molecule has 0 unspecified atom stereocenters. The van der Waals surface area contributed by atoms with Crippen LogP contribution in [0.5, 0.6) is 0 Å². The molecule has 0 fully saturated rings. The van der Waals surface area contributed by atoms with E-state index < -0.39 is 12.0 Å². The first kappa shape index (κ1) is 17.7. The van der Waals surface area contributed by atoms with Crippen LogP contribution in [0.25, 0.3) is 0 Å². The second kappa shape index (κ2) is 8.77. The van der Waals surface area contributed by atoms with Crippen molar-refractivity contribution in [2.45, 2.75) is 53.5 Å². The van der Waals surface area contributed by atoms with Gasteiger partial charge in [-0.05, 0) is 18.3 Å². The van der Waals surface area contributed by atoms with Gasteiger partial charge in [0.05, 0.1) is 0 Å². The molecule has 2 amide bonds. The molecule has 1 atom stereocenters. The SMILES string of the molecule is CCC[C@@H](NC(=O)N(CC(C)C)CC(C)C)C(=O)O. The van der Waals surface area contributed by atoms with Gasteiger partial charge in [-0.3, -0.25) is 0 Å². The van der Waals surface area contributed by atoms with Crippen LogP contribution in [-0.4, -0.2) is 41.1 Å². The summed E-state index contributed by atoms with van der Waals surface area (Å²) in [5, 5.41) is 11.7. The number of rotatable bonds is 8. The maximum Gasteiger partial charge on any atom is 0.326 e. The highest BCUT2D eigenvalue weighted by Crippen LogP contribution is 2.06. The van der Waals surface area contributed by atoms with E-state index >= 15 is 0 Å². The number of carboxylic acids is 1. The standard InChI is InChI=1S/C14H28N2O3/c1-6-7-12(13(17)18)15-14(19)16(8-10(2)3)9-11(4)5/h10-12H,6-9H2,1-5H3,(H,15,19)(H,17,18)/t12-/m1/s1. The molecule has 0 aliphatic rings. The summed E-state index contributed by atoms with van der Waals surface area (Å²) in [5.74, 6) is -0.248. The third kappa shape index (κ3) is 7.70. The van der Waals surface area contributed by atoms with Crippen LogP contribution in [-0.2, 0) is 4.79 Å². The summed E-state index contributed by atoms with van der Waals surface area (Å²) in [4.78, 5) is 24.9. The van der Waals surface area contributed by atoms with Crippen molar-refractivity contribution in [1.82, 2.24) is 10.2 Å². The molecule has 0 aromatic rings. The fraction of sp³-hybridized carbons (Fsp3) is 0.857. The number of carbonyl (C=O) groups excluding carboxylic acids is 1. The Kier molecular flexibility index (Phi) is 8.19. The Labute approximate surface area is 116 Å². The normalized spacial score (nSPS) is 12.6. The lowest BCUT2D eigenvalue weighted by atomic mass is 10.1. The number of amides is 2. The highest BCUT2D eigenvalue weighted by molar-refractivity contribution is 5.82. The molecule has 0 heterocycles. The van der Waals surface area contributed by atoms with E-state index in [4.69, 9.17) is 5.11 Å². The number of aliphatic carboxylic acids is 1. The molecule has 0 aromatic heterocycles. The summed E-state index contributed by atoms with van der Waals surface area (Å²) in [7, 11) is 0. The van der Waals surface area contributed by atoms with Crippen molar-refractivity contribution >= 4 is 12.0 Å². The van der Waals surface area contributed by atoms with Crippen LogP contribution >= 0.6 is 0 Å². The lowest BCUT2D eigenvalue weighted by Crippen LogP contribution is -2.49. The lowest BCUT2D eigenvalue weighted by Gasteiger charge is -2.28. The second-order valence-corrected chi connectivity index (χ2v) is 5.82. The van der Waals surface area contributed by atoms with E-state index in [1.165, 1.54) is 0 Å². The molecule has 0 aliphatic heterocycles. The molecular formula is C14H28N2O3. The Morgan fingerprint density at radius 3 is 1.89 bits per heavy atom. The van der Waals surface area contributed by atoms with Crippen LogP contribution in [0.4, 0.5) is 4.79 Å². The third-order valence-electron chi connectivity index (χ3n) is 2.63. The zero-order chi connectivity index (χ0) is 15.0. The molecular weight excluding hydrogens is 244 g/mol. The van der Waals surface area contributed by atoms with Gasteiger partial charge in [0.1, 0.15) is 6.04 Å². The summed E-state index contributed by atoms with van der Waals surface area (Å²) < 4.78 is 0. The van der Waals surface area contributed by atoms with E-state index in [-0.39, 0.29) is 6.03 Å². The fourth-order valence-electron chi connectivity index (χ4n) is 1.91. The number of hydrogen-bond acceptors (Lipinski definition) is 2. The first-order chi connectivity index (χ1) is 8.77. The van der Waals surface area contributed by atoms with Gasteiger partial charge in [-0.2, -0.15) is 0 Å². The van der Waals surface area contributed by atoms with Gasteiger partial charge in [-0.25, -0.2) is 9.59 Å². The Morgan fingerprint density at radius 2 is 1.58 bits per heavy atom. The Balaban J connectivity index is 4.63. The van der Waals surface area contributed by atoms with E-state index in [1.54, 1.807) is 4.90 Å². The number of carbonyl (C=O) groups is 2. The second-order valence-electron chi connectivity index (χ2n) is 5.82. The van der Waals surface area contributed by atoms with Gasteiger partial charge in [0.2, 0.25) is 0 Å². The molecule has 0 rings (SSSR count). The molecule has 0 radical (unpaired) electrons. The van der Waals surface area contributed by atoms with Crippen molar-refractivity contribution in [2.24, 2.45) is 11.8 Å². The number of hydrogen-bond donors (Lipinski definition) is 2. The zero-order valence-corrected chi connectivity index (χ0v) is 12.8. The molecule has 112 valence electrons. The molecule has 0 saturated carbocycles. The van der Waals surface area contributed by atoms with E-state index in [9.17, 15) is 9.59 Å². The van der Waals surface area contributed by atoms with Gasteiger partial charge in [-0.15, -0.1) is 0 Å². The number of nitrogens with zero attached hydrogens (tertiary/aromatic N) is 1. The van der Waals surface area contributed by atoms with Gasteiger partial charge in [0, 0.05) is 13.1 Å². The van der Waals surface area contributed by atoms with Gasteiger partial charge >= 0.3 is 12.0 Å². The average Bonchev–Trinajstić information content (AvgIpc) is 2.25. The minimum absolute atomic E-state index is 0.275. The van der Waals surface area contributed by atoms with Gasteiger partial charge in [0.15, 0.2) is 0 Å². The summed E-state index contributed by atoms with van der Waals surface area (Å²) in [6.45, 7) is 11.4. The van der Waals surface area contributed by atoms with Crippen LogP contribution in [0.3, 0.4) is 0 Å². The molecule has 19 heavy (non-hydrogen) atoms. The van der Waals surface area contributed by atoms with Crippen molar-refractivity contribution in [3.63, 3.8) is 0 Å². The molecule has 5 nitrogen and oxygen atoms in total. The molecule has 5 heteroatoms. The first-order valence-corrected chi connectivity index (χ1v) is 7.06. The summed E-state index contributed by atoms with van der Waals surface area (Å²) in [6.07, 6.45) is 1.18. The fourth-order valence-corrected chi connectivity index (χ4v) is 1.91. The van der Waals surface area contributed by atoms with E-state index in [1.807, 2.05) is 34.6 Å². The van der Waals surface area contributed by atoms with Gasteiger partial charge < -0.3 is 15.3 Å².